The molecule has 0 amide bonds. The van der Waals surface area contributed by atoms with Crippen molar-refractivity contribution in [1.29, 1.82) is 0 Å². The Bertz CT molecular complexity index is 483. The van der Waals surface area contributed by atoms with Crippen molar-refractivity contribution >= 4 is 12.0 Å². The van der Waals surface area contributed by atoms with E-state index in [1.54, 1.807) is 12.3 Å². The van der Waals surface area contributed by atoms with Crippen molar-refractivity contribution in [3.05, 3.63) is 36.2 Å². The molecule has 7 heteroatoms. The number of hydrogen-bond donors (Lipinski definition) is 2. The first-order chi connectivity index (χ1) is 7.75. The van der Waals surface area contributed by atoms with E-state index in [9.17, 15) is 4.79 Å². The highest BCUT2D eigenvalue weighted by Gasteiger charge is 2.09. The van der Waals surface area contributed by atoms with Crippen LogP contribution in [0.2, 0.25) is 0 Å². The molecule has 2 heterocycles. The molecule has 82 valence electrons. The molecule has 16 heavy (non-hydrogen) atoms. The van der Waals surface area contributed by atoms with Crippen LogP contribution in [-0.4, -0.2) is 26.0 Å². The van der Waals surface area contributed by atoms with Crippen molar-refractivity contribution in [3.8, 4) is 0 Å². The summed E-state index contributed by atoms with van der Waals surface area (Å²) < 4.78 is 4.90. The zero-order chi connectivity index (χ0) is 11.4. The van der Waals surface area contributed by atoms with E-state index in [1.165, 1.54) is 6.33 Å². The van der Waals surface area contributed by atoms with Crippen LogP contribution in [0, 0.1) is 0 Å². The molecule has 0 aromatic carbocycles. The van der Waals surface area contributed by atoms with Crippen LogP contribution in [0.15, 0.2) is 29.3 Å². The molecule has 7 nitrogen and oxygen atoms in total. The number of carboxylic acid groups (broad SMARTS) is 1. The Balaban J connectivity index is 1.97. The molecule has 0 atom stereocenters. The average molecular weight is 220 g/mol. The van der Waals surface area contributed by atoms with Gasteiger partial charge < -0.3 is 14.8 Å². The van der Waals surface area contributed by atoms with Gasteiger partial charge in [-0.1, -0.05) is 0 Å². The number of aromatic nitrogens is 3. The second-order valence-electron chi connectivity index (χ2n) is 2.90. The molecule has 0 spiro atoms. The van der Waals surface area contributed by atoms with E-state index >= 15 is 0 Å². The minimum atomic E-state index is -1.13. The van der Waals surface area contributed by atoms with E-state index in [-0.39, 0.29) is 11.7 Å². The maximum atomic E-state index is 10.5. The van der Waals surface area contributed by atoms with E-state index in [4.69, 9.17) is 9.52 Å². The summed E-state index contributed by atoms with van der Waals surface area (Å²) in [5.41, 5.74) is 0.621. The van der Waals surface area contributed by atoms with E-state index in [1.807, 2.05) is 0 Å². The molecule has 0 fully saturated rings. The molecule has 0 bridgehead atoms. The van der Waals surface area contributed by atoms with Gasteiger partial charge in [0.25, 0.3) is 6.01 Å². The van der Waals surface area contributed by atoms with Crippen LogP contribution in [0.25, 0.3) is 0 Å². The number of carboxylic acids is 1. The summed E-state index contributed by atoms with van der Waals surface area (Å²) in [5.74, 6) is -1.13. The summed E-state index contributed by atoms with van der Waals surface area (Å²) in [6.07, 6.45) is 4.11. The normalized spacial score (nSPS) is 10.0. The molecule has 2 aromatic rings. The van der Waals surface area contributed by atoms with Gasteiger partial charge in [-0.3, -0.25) is 0 Å². The van der Waals surface area contributed by atoms with E-state index < -0.39 is 5.97 Å². The average Bonchev–Trinajstić information content (AvgIpc) is 2.76. The smallest absolute Gasteiger partial charge is 0.357 e. The largest absolute Gasteiger partial charge is 0.476 e. The molecule has 0 aliphatic carbocycles. The number of aromatic carboxylic acids is 1. The summed E-state index contributed by atoms with van der Waals surface area (Å²) in [5, 5.41) is 11.4. The second-order valence-corrected chi connectivity index (χ2v) is 2.90. The highest BCUT2D eigenvalue weighted by molar-refractivity contribution is 5.85. The first-order valence-electron chi connectivity index (χ1n) is 4.43. The Labute approximate surface area is 90.2 Å². The molecule has 0 radical (unpaired) electrons. The molecular weight excluding hydrogens is 212 g/mol. The zero-order valence-electron chi connectivity index (χ0n) is 8.12. The molecular formula is C9H8N4O3. The van der Waals surface area contributed by atoms with Crippen molar-refractivity contribution in [3.63, 3.8) is 0 Å². The fraction of sp³-hybridized carbons (Fsp3) is 0.111. The van der Waals surface area contributed by atoms with E-state index in [0.717, 1.165) is 12.0 Å². The SMILES string of the molecule is O=C(O)c1coc(NCc2ccncn2)n1. The highest BCUT2D eigenvalue weighted by atomic mass is 16.4. The van der Waals surface area contributed by atoms with Gasteiger partial charge in [0.1, 0.15) is 12.6 Å². The lowest BCUT2D eigenvalue weighted by Gasteiger charge is -1.99. The van der Waals surface area contributed by atoms with Crippen LogP contribution in [-0.2, 0) is 6.54 Å². The molecule has 0 saturated heterocycles. The summed E-state index contributed by atoms with van der Waals surface area (Å²) >= 11 is 0. The Morgan fingerprint density at radius 1 is 1.56 bits per heavy atom. The van der Waals surface area contributed by atoms with Gasteiger partial charge in [-0.25, -0.2) is 14.8 Å². The van der Waals surface area contributed by atoms with Gasteiger partial charge in [-0.15, -0.1) is 0 Å². The predicted octanol–water partition coefficient (Wildman–Crippen LogP) is 0.775. The third-order valence-corrected chi connectivity index (χ3v) is 1.79. The second kappa shape index (κ2) is 4.39. The first-order valence-corrected chi connectivity index (χ1v) is 4.43. The van der Waals surface area contributed by atoms with Crippen molar-refractivity contribution in [2.24, 2.45) is 0 Å². The van der Waals surface area contributed by atoms with Crippen LogP contribution < -0.4 is 5.32 Å². The van der Waals surface area contributed by atoms with Gasteiger partial charge in [0.2, 0.25) is 0 Å². The van der Waals surface area contributed by atoms with Gasteiger partial charge in [-0.05, 0) is 6.07 Å². The van der Waals surface area contributed by atoms with Crippen LogP contribution in [0.5, 0.6) is 0 Å². The number of nitrogens with zero attached hydrogens (tertiary/aromatic N) is 3. The first kappa shape index (κ1) is 10.1. The highest BCUT2D eigenvalue weighted by Crippen LogP contribution is 2.08. The molecule has 0 saturated carbocycles. The standard InChI is InChI=1S/C9H8N4O3/c14-8(15)7-4-16-9(13-7)11-3-6-1-2-10-5-12-6/h1-2,4-5H,3H2,(H,11,13)(H,14,15). The molecule has 2 rings (SSSR count). The minimum Gasteiger partial charge on any atom is -0.476 e. The topological polar surface area (TPSA) is 101 Å². The minimum absolute atomic E-state index is 0.134. The van der Waals surface area contributed by atoms with E-state index in [0.29, 0.717) is 6.54 Å². The number of nitrogens with one attached hydrogen (secondary N) is 1. The lowest BCUT2D eigenvalue weighted by Crippen LogP contribution is -2.02. The van der Waals surface area contributed by atoms with Crippen LogP contribution in [0.1, 0.15) is 16.2 Å². The maximum absolute atomic E-state index is 10.5. The predicted molar refractivity (Wildman–Crippen MR) is 52.8 cm³/mol. The van der Waals surface area contributed by atoms with Gasteiger partial charge >= 0.3 is 5.97 Å². The summed E-state index contributed by atoms with van der Waals surface area (Å²) in [6.45, 7) is 0.391. The molecule has 2 N–H and O–H groups in total. The Kier molecular flexibility index (Phi) is 2.77. The third kappa shape index (κ3) is 2.32. The molecule has 0 aliphatic heterocycles. The summed E-state index contributed by atoms with van der Waals surface area (Å²) in [7, 11) is 0. The Morgan fingerprint density at radius 2 is 2.44 bits per heavy atom. The maximum Gasteiger partial charge on any atom is 0.357 e. The number of oxazole rings is 1. The number of rotatable bonds is 4. The van der Waals surface area contributed by atoms with Gasteiger partial charge in [0, 0.05) is 6.20 Å². The Morgan fingerprint density at radius 3 is 3.06 bits per heavy atom. The van der Waals surface area contributed by atoms with E-state index in [2.05, 4.69) is 20.3 Å². The lowest BCUT2D eigenvalue weighted by atomic mass is 10.4. The quantitative estimate of drug-likeness (QED) is 0.784. The lowest BCUT2D eigenvalue weighted by molar-refractivity contribution is 0.0690. The van der Waals surface area contributed by atoms with Crippen molar-refractivity contribution in [2.75, 3.05) is 5.32 Å². The molecule has 0 unspecified atom stereocenters. The van der Waals surface area contributed by atoms with Crippen LogP contribution in [0.3, 0.4) is 0 Å². The fourth-order valence-electron chi connectivity index (χ4n) is 1.04. The number of hydrogen-bond acceptors (Lipinski definition) is 6. The van der Waals surface area contributed by atoms with Gasteiger partial charge in [-0.2, -0.15) is 4.98 Å². The van der Waals surface area contributed by atoms with Crippen molar-refractivity contribution < 1.29 is 14.3 Å². The molecule has 2 aromatic heterocycles. The van der Waals surface area contributed by atoms with Crippen LogP contribution in [0.4, 0.5) is 6.01 Å². The van der Waals surface area contributed by atoms with Gasteiger partial charge in [0.05, 0.1) is 12.2 Å². The monoisotopic (exact) mass is 220 g/mol. The number of carbonyl (C=O) groups is 1. The van der Waals surface area contributed by atoms with Gasteiger partial charge in [0.15, 0.2) is 5.69 Å². The van der Waals surface area contributed by atoms with Crippen molar-refractivity contribution in [2.45, 2.75) is 6.54 Å². The third-order valence-electron chi connectivity index (χ3n) is 1.79. The summed E-state index contributed by atoms with van der Waals surface area (Å²) in [4.78, 5) is 22.0. The molecule has 0 aliphatic rings. The van der Waals surface area contributed by atoms with Crippen LogP contribution >= 0.6 is 0 Å². The fourth-order valence-corrected chi connectivity index (χ4v) is 1.04. The zero-order valence-corrected chi connectivity index (χ0v) is 8.12. The number of anilines is 1. The van der Waals surface area contributed by atoms with Crippen molar-refractivity contribution in [1.82, 2.24) is 15.0 Å². The Hall–Kier alpha value is -2.44. The summed E-state index contributed by atoms with van der Waals surface area (Å²) in [6, 6.07) is 1.88.